The summed E-state index contributed by atoms with van der Waals surface area (Å²) in [5.41, 5.74) is 5.61. The summed E-state index contributed by atoms with van der Waals surface area (Å²) in [4.78, 5) is 10.4. The zero-order valence-electron chi connectivity index (χ0n) is 9.65. The minimum absolute atomic E-state index is 0.244. The fraction of sp³-hybridized carbons (Fsp3) is 0.636. The smallest absolute Gasteiger partial charge is 0.223 e. The predicted molar refractivity (Wildman–Crippen MR) is 66.7 cm³/mol. The highest BCUT2D eigenvalue weighted by Crippen LogP contribution is 2.27. The van der Waals surface area contributed by atoms with Gasteiger partial charge in [0.05, 0.1) is 0 Å². The maximum atomic E-state index is 5.89. The van der Waals surface area contributed by atoms with Crippen molar-refractivity contribution in [2.45, 2.75) is 32.7 Å². The number of nitrogens with zero attached hydrogens (tertiary/aromatic N) is 3. The highest BCUT2D eigenvalue weighted by Gasteiger charge is 2.24. The molecule has 4 nitrogen and oxygen atoms in total. The van der Waals surface area contributed by atoms with Gasteiger partial charge in [-0.05, 0) is 25.7 Å². The van der Waals surface area contributed by atoms with E-state index in [1.807, 2.05) is 0 Å². The van der Waals surface area contributed by atoms with Gasteiger partial charge in [-0.2, -0.15) is 4.98 Å². The van der Waals surface area contributed by atoms with E-state index in [2.05, 4.69) is 28.7 Å². The van der Waals surface area contributed by atoms with Gasteiger partial charge in [-0.25, -0.2) is 4.98 Å². The first-order chi connectivity index (χ1) is 7.56. The number of nitrogens with two attached hydrogens (primary N) is 1. The van der Waals surface area contributed by atoms with Crippen LogP contribution in [0.1, 0.15) is 26.7 Å². The maximum Gasteiger partial charge on any atom is 0.223 e. The summed E-state index contributed by atoms with van der Waals surface area (Å²) >= 11 is 5.89. The second kappa shape index (κ2) is 4.45. The molecular weight excluding hydrogens is 224 g/mol. The summed E-state index contributed by atoms with van der Waals surface area (Å²) in [7, 11) is 0. The van der Waals surface area contributed by atoms with Gasteiger partial charge in [-0.1, -0.05) is 18.5 Å². The zero-order valence-corrected chi connectivity index (χ0v) is 10.4. The number of hydrogen-bond donors (Lipinski definition) is 1. The minimum Gasteiger partial charge on any atom is -0.368 e. The van der Waals surface area contributed by atoms with E-state index in [0.717, 1.165) is 18.3 Å². The lowest BCUT2D eigenvalue weighted by atomic mass is 9.93. The number of aromatic nitrogens is 2. The van der Waals surface area contributed by atoms with Crippen LogP contribution >= 0.6 is 11.6 Å². The standard InChI is InChI=1S/C11H17ClN4/c1-7-3-4-16(8(2)5-7)10-6-9(12)14-11(13)15-10/h6-8H,3-5H2,1-2H3,(H2,13,14,15). The molecule has 88 valence electrons. The fourth-order valence-electron chi connectivity index (χ4n) is 2.32. The number of piperidine rings is 1. The van der Waals surface area contributed by atoms with Gasteiger partial charge in [0.25, 0.3) is 0 Å². The van der Waals surface area contributed by atoms with Crippen LogP contribution in [0.15, 0.2) is 6.07 Å². The lowest BCUT2D eigenvalue weighted by Crippen LogP contribution is -2.40. The van der Waals surface area contributed by atoms with Crippen LogP contribution in [0.3, 0.4) is 0 Å². The fourth-order valence-corrected chi connectivity index (χ4v) is 2.50. The van der Waals surface area contributed by atoms with Crippen molar-refractivity contribution in [2.24, 2.45) is 5.92 Å². The molecule has 0 radical (unpaired) electrons. The van der Waals surface area contributed by atoms with Gasteiger partial charge in [-0.15, -0.1) is 0 Å². The maximum absolute atomic E-state index is 5.89. The third kappa shape index (κ3) is 2.38. The van der Waals surface area contributed by atoms with Crippen LogP contribution in [0.25, 0.3) is 0 Å². The number of rotatable bonds is 1. The Balaban J connectivity index is 2.23. The van der Waals surface area contributed by atoms with Gasteiger partial charge in [-0.3, -0.25) is 0 Å². The quantitative estimate of drug-likeness (QED) is 0.766. The molecule has 0 saturated carbocycles. The van der Waals surface area contributed by atoms with E-state index in [1.54, 1.807) is 6.07 Å². The summed E-state index contributed by atoms with van der Waals surface area (Å²) in [6, 6.07) is 2.26. The average molecular weight is 241 g/mol. The van der Waals surface area contributed by atoms with Crippen molar-refractivity contribution in [3.8, 4) is 0 Å². The molecule has 16 heavy (non-hydrogen) atoms. The van der Waals surface area contributed by atoms with Crippen molar-refractivity contribution in [3.05, 3.63) is 11.2 Å². The van der Waals surface area contributed by atoms with E-state index in [4.69, 9.17) is 17.3 Å². The molecule has 5 heteroatoms. The average Bonchev–Trinajstić information content (AvgIpc) is 2.15. The molecule has 0 amide bonds. The Hall–Kier alpha value is -1.03. The molecule has 0 spiro atoms. The Bertz CT molecular complexity index is 362. The Morgan fingerprint density at radius 1 is 1.44 bits per heavy atom. The minimum atomic E-state index is 0.244. The predicted octanol–water partition coefficient (Wildman–Crippen LogP) is 2.34. The molecule has 2 rings (SSSR count). The summed E-state index contributed by atoms with van der Waals surface area (Å²) in [6.07, 6.45) is 2.37. The van der Waals surface area contributed by atoms with E-state index >= 15 is 0 Å². The first kappa shape index (κ1) is 11.5. The number of hydrogen-bond acceptors (Lipinski definition) is 4. The van der Waals surface area contributed by atoms with E-state index < -0.39 is 0 Å². The molecule has 2 N–H and O–H groups in total. The molecule has 1 aliphatic heterocycles. The van der Waals surface area contributed by atoms with Crippen LogP contribution in [0, 0.1) is 5.92 Å². The van der Waals surface area contributed by atoms with Gasteiger partial charge in [0, 0.05) is 18.7 Å². The molecule has 1 aromatic heterocycles. The Labute approximate surface area is 101 Å². The third-order valence-electron chi connectivity index (χ3n) is 3.13. The summed E-state index contributed by atoms with van der Waals surface area (Å²) in [6.45, 7) is 5.51. The van der Waals surface area contributed by atoms with Crippen molar-refractivity contribution >= 4 is 23.4 Å². The number of anilines is 2. The molecule has 2 atom stereocenters. The molecule has 1 saturated heterocycles. The van der Waals surface area contributed by atoms with Crippen molar-refractivity contribution in [2.75, 3.05) is 17.2 Å². The first-order valence-corrected chi connectivity index (χ1v) is 6.00. The monoisotopic (exact) mass is 240 g/mol. The lowest BCUT2D eigenvalue weighted by molar-refractivity contribution is 0.376. The second-order valence-electron chi connectivity index (χ2n) is 4.58. The van der Waals surface area contributed by atoms with Crippen LogP contribution in [0.5, 0.6) is 0 Å². The van der Waals surface area contributed by atoms with E-state index in [9.17, 15) is 0 Å². The lowest BCUT2D eigenvalue weighted by Gasteiger charge is -2.37. The molecule has 0 aromatic carbocycles. The molecule has 2 heterocycles. The summed E-state index contributed by atoms with van der Waals surface area (Å²) in [5, 5.41) is 0.410. The molecular formula is C11H17ClN4. The highest BCUT2D eigenvalue weighted by atomic mass is 35.5. The molecule has 0 aliphatic carbocycles. The zero-order chi connectivity index (χ0) is 11.7. The van der Waals surface area contributed by atoms with Crippen LogP contribution < -0.4 is 10.6 Å². The SMILES string of the molecule is CC1CCN(c2cc(Cl)nc(N)n2)C(C)C1. The van der Waals surface area contributed by atoms with Crippen molar-refractivity contribution in [3.63, 3.8) is 0 Å². The highest BCUT2D eigenvalue weighted by molar-refractivity contribution is 6.29. The van der Waals surface area contributed by atoms with Crippen LogP contribution in [-0.2, 0) is 0 Å². The van der Waals surface area contributed by atoms with Gasteiger partial charge in [0.15, 0.2) is 0 Å². The Morgan fingerprint density at radius 2 is 2.19 bits per heavy atom. The van der Waals surface area contributed by atoms with Gasteiger partial charge >= 0.3 is 0 Å². The summed E-state index contributed by atoms with van der Waals surface area (Å²) in [5.74, 6) is 1.87. The second-order valence-corrected chi connectivity index (χ2v) is 4.97. The Morgan fingerprint density at radius 3 is 2.81 bits per heavy atom. The Kier molecular flexibility index (Phi) is 3.19. The van der Waals surface area contributed by atoms with Crippen molar-refractivity contribution in [1.82, 2.24) is 9.97 Å². The summed E-state index contributed by atoms with van der Waals surface area (Å²) < 4.78 is 0. The third-order valence-corrected chi connectivity index (χ3v) is 3.32. The molecule has 1 aliphatic rings. The molecule has 0 bridgehead atoms. The molecule has 1 fully saturated rings. The molecule has 2 unspecified atom stereocenters. The van der Waals surface area contributed by atoms with Gasteiger partial charge in [0.2, 0.25) is 5.95 Å². The topological polar surface area (TPSA) is 55.0 Å². The van der Waals surface area contributed by atoms with Gasteiger partial charge in [0.1, 0.15) is 11.0 Å². The van der Waals surface area contributed by atoms with Crippen LogP contribution in [0.2, 0.25) is 5.15 Å². The van der Waals surface area contributed by atoms with E-state index in [1.165, 1.54) is 12.8 Å². The van der Waals surface area contributed by atoms with Gasteiger partial charge < -0.3 is 10.6 Å². The number of nitrogen functional groups attached to an aromatic ring is 1. The largest absolute Gasteiger partial charge is 0.368 e. The van der Waals surface area contributed by atoms with Crippen LogP contribution in [0.4, 0.5) is 11.8 Å². The van der Waals surface area contributed by atoms with Crippen molar-refractivity contribution < 1.29 is 0 Å². The van der Waals surface area contributed by atoms with E-state index in [0.29, 0.717) is 11.2 Å². The van der Waals surface area contributed by atoms with E-state index in [-0.39, 0.29) is 5.95 Å². The number of halogens is 1. The first-order valence-electron chi connectivity index (χ1n) is 5.63. The molecule has 1 aromatic rings. The van der Waals surface area contributed by atoms with Crippen molar-refractivity contribution in [1.29, 1.82) is 0 Å². The normalized spacial score (nSPS) is 25.8. The van der Waals surface area contributed by atoms with Crippen LogP contribution in [-0.4, -0.2) is 22.6 Å².